The van der Waals surface area contributed by atoms with Crippen LogP contribution in [0.25, 0.3) is 0 Å². The van der Waals surface area contributed by atoms with E-state index in [2.05, 4.69) is 25.7 Å². The first-order valence-corrected chi connectivity index (χ1v) is 12.1. The van der Waals surface area contributed by atoms with Crippen molar-refractivity contribution in [3.63, 3.8) is 0 Å². The van der Waals surface area contributed by atoms with Crippen LogP contribution in [0.4, 0.5) is 21.5 Å². The van der Waals surface area contributed by atoms with Gasteiger partial charge in [0.05, 0.1) is 33.9 Å². The average Bonchev–Trinajstić information content (AvgIpc) is 3.38. The number of nitrogens with one attached hydrogen (secondary N) is 1. The molecule has 5 rings (SSSR count). The molecule has 4 aromatic rings. The van der Waals surface area contributed by atoms with Gasteiger partial charge in [0.2, 0.25) is 5.13 Å². The van der Waals surface area contributed by atoms with Crippen molar-refractivity contribution in [1.29, 1.82) is 0 Å². The second-order valence-electron chi connectivity index (χ2n) is 8.29. The molecule has 8 nitrogen and oxygen atoms in total. The van der Waals surface area contributed by atoms with Gasteiger partial charge in [-0.2, -0.15) is 5.10 Å². The molecule has 0 unspecified atom stereocenters. The Balaban J connectivity index is 1.27. The zero-order valence-electron chi connectivity index (χ0n) is 19.9. The lowest BCUT2D eigenvalue weighted by Gasteiger charge is -2.14. The summed E-state index contributed by atoms with van der Waals surface area (Å²) in [6.45, 7) is 5.76. The van der Waals surface area contributed by atoms with Crippen LogP contribution in [0.3, 0.4) is 0 Å². The maximum atomic E-state index is 12.7. The molecular formula is C27H22N6O2S. The molecule has 9 heteroatoms. The first-order valence-electron chi connectivity index (χ1n) is 11.2. The van der Waals surface area contributed by atoms with Crippen LogP contribution in [0.2, 0.25) is 0 Å². The van der Waals surface area contributed by atoms with Gasteiger partial charge in [-0.25, -0.2) is 9.88 Å². The monoisotopic (exact) mass is 494 g/mol. The lowest BCUT2D eigenvalue weighted by Crippen LogP contribution is -2.29. The molecule has 0 atom stereocenters. The van der Waals surface area contributed by atoms with Crippen molar-refractivity contribution in [3.05, 3.63) is 101 Å². The number of nitrogens with zero attached hydrogens (tertiary/aromatic N) is 5. The highest BCUT2D eigenvalue weighted by Gasteiger charge is 2.36. The quantitative estimate of drug-likeness (QED) is 0.138. The number of azo groups is 1. The van der Waals surface area contributed by atoms with Crippen LogP contribution >= 0.6 is 11.3 Å². The van der Waals surface area contributed by atoms with Crippen LogP contribution in [0, 0.1) is 13.8 Å². The Bertz CT molecular complexity index is 1490. The Hall–Kier alpha value is -4.50. The third-order valence-electron chi connectivity index (χ3n) is 5.72. The molecule has 0 spiro atoms. The summed E-state index contributed by atoms with van der Waals surface area (Å²) < 4.78 is 0. The van der Waals surface area contributed by atoms with Crippen molar-refractivity contribution in [2.45, 2.75) is 20.8 Å². The zero-order valence-corrected chi connectivity index (χ0v) is 20.7. The summed E-state index contributed by atoms with van der Waals surface area (Å²) in [5, 5.41) is 14.3. The number of amides is 2. The van der Waals surface area contributed by atoms with E-state index in [0.717, 1.165) is 22.7 Å². The summed E-state index contributed by atoms with van der Waals surface area (Å²) in [5.41, 5.74) is 8.61. The first-order chi connectivity index (χ1) is 17.4. The van der Waals surface area contributed by atoms with Crippen molar-refractivity contribution in [1.82, 2.24) is 4.98 Å². The lowest BCUT2D eigenvalue weighted by molar-refractivity contribution is 0.0926. The van der Waals surface area contributed by atoms with Gasteiger partial charge in [-0.1, -0.05) is 53.3 Å². The van der Waals surface area contributed by atoms with E-state index >= 15 is 0 Å². The van der Waals surface area contributed by atoms with Crippen LogP contribution in [-0.2, 0) is 0 Å². The minimum atomic E-state index is -0.315. The van der Waals surface area contributed by atoms with Crippen molar-refractivity contribution in [2.75, 3.05) is 10.3 Å². The molecule has 0 aliphatic carbocycles. The highest BCUT2D eigenvalue weighted by Crippen LogP contribution is 2.32. The molecule has 1 N–H and O–H groups in total. The van der Waals surface area contributed by atoms with Crippen LogP contribution in [0.1, 0.15) is 44.5 Å². The van der Waals surface area contributed by atoms with Crippen LogP contribution < -0.4 is 10.3 Å². The number of carbonyl (C=O) groups is 2. The molecule has 1 aromatic heterocycles. The van der Waals surface area contributed by atoms with E-state index < -0.39 is 0 Å². The van der Waals surface area contributed by atoms with E-state index in [1.54, 1.807) is 36.4 Å². The molecule has 0 fully saturated rings. The topological polar surface area (TPSA) is 99.4 Å². The number of hydrazone groups is 1. The van der Waals surface area contributed by atoms with Crippen molar-refractivity contribution in [3.8, 4) is 0 Å². The van der Waals surface area contributed by atoms with Crippen molar-refractivity contribution in [2.24, 2.45) is 15.3 Å². The summed E-state index contributed by atoms with van der Waals surface area (Å²) in [6.07, 6.45) is 0. The van der Waals surface area contributed by atoms with Gasteiger partial charge in [0.15, 0.2) is 5.00 Å². The molecule has 36 heavy (non-hydrogen) atoms. The number of rotatable bonds is 6. The summed E-state index contributed by atoms with van der Waals surface area (Å²) in [4.78, 5) is 31.1. The first kappa shape index (κ1) is 23.3. The van der Waals surface area contributed by atoms with Gasteiger partial charge in [-0.15, -0.1) is 10.2 Å². The number of imide groups is 1. The number of hydrogen-bond donors (Lipinski definition) is 1. The van der Waals surface area contributed by atoms with Crippen LogP contribution in [-0.4, -0.2) is 22.5 Å². The molecule has 0 saturated carbocycles. The van der Waals surface area contributed by atoms with Crippen LogP contribution in [0.15, 0.2) is 88.1 Å². The zero-order chi connectivity index (χ0) is 25.2. The van der Waals surface area contributed by atoms with Crippen molar-refractivity contribution < 1.29 is 9.59 Å². The highest BCUT2D eigenvalue weighted by molar-refractivity contribution is 7.19. The fourth-order valence-electron chi connectivity index (χ4n) is 3.72. The van der Waals surface area contributed by atoms with Gasteiger partial charge < -0.3 is 0 Å². The Morgan fingerprint density at radius 2 is 1.50 bits per heavy atom. The SMILES string of the molecule is CC(=NNc1nc(C)c(N=Nc2ccc(C)cc2)s1)c1ccc(N2C(=O)c3ccccc3C2=O)cc1. The molecule has 0 saturated heterocycles. The number of thiazole rings is 1. The molecule has 1 aliphatic heterocycles. The smallest absolute Gasteiger partial charge is 0.266 e. The Labute approximate surface area is 212 Å². The maximum absolute atomic E-state index is 12.7. The number of aromatic nitrogens is 1. The number of anilines is 2. The standard InChI is InChI=1S/C27H22N6O2S/c1-16-8-12-20(13-9-16)30-31-24-18(3)28-27(36-24)32-29-17(2)19-10-14-21(15-11-19)33-25(34)22-6-4-5-7-23(22)26(33)35/h4-15H,1-3H3,(H,28,32). The summed E-state index contributed by atoms with van der Waals surface area (Å²) in [5.74, 6) is -0.630. The van der Waals surface area contributed by atoms with Gasteiger partial charge in [0.1, 0.15) is 0 Å². The Kier molecular flexibility index (Phi) is 6.22. The molecular weight excluding hydrogens is 472 g/mol. The predicted molar refractivity (Wildman–Crippen MR) is 142 cm³/mol. The number of carbonyl (C=O) groups excluding carboxylic acids is 2. The number of hydrogen-bond acceptors (Lipinski definition) is 8. The van der Waals surface area contributed by atoms with E-state index in [1.165, 1.54) is 21.8 Å². The fourth-order valence-corrected chi connectivity index (χ4v) is 4.45. The van der Waals surface area contributed by atoms with Gasteiger partial charge in [-0.3, -0.25) is 15.0 Å². The fraction of sp³-hybridized carbons (Fsp3) is 0.111. The second-order valence-corrected chi connectivity index (χ2v) is 9.27. The predicted octanol–water partition coefficient (Wildman–Crippen LogP) is 6.81. The van der Waals surface area contributed by atoms with Crippen LogP contribution in [0.5, 0.6) is 0 Å². The third kappa shape index (κ3) is 4.56. The Morgan fingerprint density at radius 3 is 2.14 bits per heavy atom. The molecule has 1 aliphatic rings. The van der Waals surface area contributed by atoms with E-state index in [1.807, 2.05) is 57.2 Å². The minimum Gasteiger partial charge on any atom is -0.268 e. The lowest BCUT2D eigenvalue weighted by atomic mass is 10.1. The maximum Gasteiger partial charge on any atom is 0.266 e. The largest absolute Gasteiger partial charge is 0.268 e. The summed E-state index contributed by atoms with van der Waals surface area (Å²) >= 11 is 1.36. The van der Waals surface area contributed by atoms with E-state index in [4.69, 9.17) is 0 Å². The normalized spacial score (nSPS) is 13.5. The number of fused-ring (bicyclic) bond motifs is 1. The van der Waals surface area contributed by atoms with Gasteiger partial charge in [0.25, 0.3) is 11.8 Å². The van der Waals surface area contributed by atoms with E-state index in [-0.39, 0.29) is 11.8 Å². The van der Waals surface area contributed by atoms with Crippen molar-refractivity contribution >= 4 is 50.4 Å². The minimum absolute atomic E-state index is 0.315. The molecule has 178 valence electrons. The van der Waals surface area contributed by atoms with Gasteiger partial charge >= 0.3 is 0 Å². The molecule has 2 heterocycles. The summed E-state index contributed by atoms with van der Waals surface area (Å²) in [6, 6.07) is 21.8. The van der Waals surface area contributed by atoms with Gasteiger partial charge in [0, 0.05) is 0 Å². The highest BCUT2D eigenvalue weighted by atomic mass is 32.1. The van der Waals surface area contributed by atoms with Gasteiger partial charge in [-0.05, 0) is 62.7 Å². The van der Waals surface area contributed by atoms with E-state index in [0.29, 0.717) is 26.9 Å². The molecule has 0 bridgehead atoms. The molecule has 3 aromatic carbocycles. The van der Waals surface area contributed by atoms with E-state index in [9.17, 15) is 9.59 Å². The second kappa shape index (κ2) is 9.63. The number of benzene rings is 3. The molecule has 2 amide bonds. The third-order valence-corrected chi connectivity index (χ3v) is 6.67. The Morgan fingerprint density at radius 1 is 0.861 bits per heavy atom. The number of aryl methyl sites for hydroxylation is 2. The average molecular weight is 495 g/mol. The summed E-state index contributed by atoms with van der Waals surface area (Å²) in [7, 11) is 0. The molecule has 0 radical (unpaired) electrons.